The number of imide groups is 1. The molecular formula is C12H13NO3. The van der Waals surface area contributed by atoms with Crippen molar-refractivity contribution < 1.29 is 14.3 Å². The van der Waals surface area contributed by atoms with E-state index < -0.39 is 6.10 Å². The second-order valence-electron chi connectivity index (χ2n) is 3.83. The lowest BCUT2D eigenvalue weighted by atomic mass is 10.2. The van der Waals surface area contributed by atoms with Crippen LogP contribution in [0.15, 0.2) is 24.3 Å². The zero-order chi connectivity index (χ0) is 11.7. The van der Waals surface area contributed by atoms with E-state index in [1.54, 1.807) is 12.1 Å². The van der Waals surface area contributed by atoms with Gasteiger partial charge in [0.2, 0.25) is 5.91 Å². The van der Waals surface area contributed by atoms with E-state index in [-0.39, 0.29) is 18.2 Å². The van der Waals surface area contributed by atoms with Gasteiger partial charge in [0, 0.05) is 7.11 Å². The number of nitrogens with zero attached hydrogens (tertiary/aromatic N) is 1. The first kappa shape index (κ1) is 10.8. The third-order valence-corrected chi connectivity index (χ3v) is 2.68. The Morgan fingerprint density at radius 3 is 2.38 bits per heavy atom. The van der Waals surface area contributed by atoms with Crippen molar-refractivity contribution in [1.82, 2.24) is 0 Å². The topological polar surface area (TPSA) is 46.6 Å². The van der Waals surface area contributed by atoms with Crippen molar-refractivity contribution in [2.24, 2.45) is 0 Å². The molecule has 0 aromatic heterocycles. The molecule has 1 aromatic carbocycles. The van der Waals surface area contributed by atoms with Gasteiger partial charge in [0.05, 0.1) is 12.1 Å². The van der Waals surface area contributed by atoms with Gasteiger partial charge in [-0.05, 0) is 19.1 Å². The number of aryl methyl sites for hydroxylation is 1. The van der Waals surface area contributed by atoms with Gasteiger partial charge in [-0.25, -0.2) is 4.90 Å². The highest BCUT2D eigenvalue weighted by Crippen LogP contribution is 2.24. The molecule has 0 N–H and O–H groups in total. The minimum Gasteiger partial charge on any atom is -0.371 e. The molecule has 0 radical (unpaired) electrons. The van der Waals surface area contributed by atoms with Crippen LogP contribution in [0, 0.1) is 6.92 Å². The lowest BCUT2D eigenvalue weighted by molar-refractivity contribution is -0.125. The van der Waals surface area contributed by atoms with Gasteiger partial charge in [0.15, 0.2) is 0 Å². The highest BCUT2D eigenvalue weighted by molar-refractivity contribution is 6.22. The summed E-state index contributed by atoms with van der Waals surface area (Å²) in [5.74, 6) is -0.489. The second kappa shape index (κ2) is 4.06. The molecular weight excluding hydrogens is 206 g/mol. The van der Waals surface area contributed by atoms with Crippen molar-refractivity contribution in [2.75, 3.05) is 12.0 Å². The fourth-order valence-corrected chi connectivity index (χ4v) is 1.75. The highest BCUT2D eigenvalue weighted by atomic mass is 16.5. The number of carbonyl (C=O) groups excluding carboxylic acids is 2. The molecule has 4 heteroatoms. The lowest BCUT2D eigenvalue weighted by Gasteiger charge is -2.14. The third-order valence-electron chi connectivity index (χ3n) is 2.68. The lowest BCUT2D eigenvalue weighted by Crippen LogP contribution is -2.32. The maximum atomic E-state index is 11.8. The molecule has 0 aliphatic carbocycles. The molecule has 1 heterocycles. The van der Waals surface area contributed by atoms with Gasteiger partial charge in [-0.1, -0.05) is 17.7 Å². The molecule has 0 saturated carbocycles. The molecule has 0 bridgehead atoms. The predicted molar refractivity (Wildman–Crippen MR) is 59.1 cm³/mol. The quantitative estimate of drug-likeness (QED) is 0.704. The number of hydrogen-bond donors (Lipinski definition) is 0. The molecule has 1 aliphatic rings. The fraction of sp³-hybridized carbons (Fsp3) is 0.333. The maximum Gasteiger partial charge on any atom is 0.263 e. The van der Waals surface area contributed by atoms with Crippen LogP contribution in [0.3, 0.4) is 0 Å². The molecule has 16 heavy (non-hydrogen) atoms. The molecule has 0 spiro atoms. The Hall–Kier alpha value is -1.68. The summed E-state index contributed by atoms with van der Waals surface area (Å²) in [7, 11) is 1.44. The van der Waals surface area contributed by atoms with Crippen molar-refractivity contribution in [3.8, 4) is 0 Å². The van der Waals surface area contributed by atoms with Crippen LogP contribution in [-0.2, 0) is 14.3 Å². The molecule has 1 fully saturated rings. The van der Waals surface area contributed by atoms with Crippen molar-refractivity contribution in [2.45, 2.75) is 19.4 Å². The van der Waals surface area contributed by atoms with Crippen LogP contribution in [0.2, 0.25) is 0 Å². The zero-order valence-corrected chi connectivity index (χ0v) is 9.27. The number of anilines is 1. The van der Waals surface area contributed by atoms with E-state index in [9.17, 15) is 9.59 Å². The number of methoxy groups -OCH3 is 1. The Morgan fingerprint density at radius 1 is 1.25 bits per heavy atom. The summed E-state index contributed by atoms with van der Waals surface area (Å²) in [5.41, 5.74) is 1.70. The average Bonchev–Trinajstić information content (AvgIpc) is 2.56. The van der Waals surface area contributed by atoms with Crippen molar-refractivity contribution in [3.63, 3.8) is 0 Å². The van der Waals surface area contributed by atoms with Crippen LogP contribution in [0.1, 0.15) is 12.0 Å². The van der Waals surface area contributed by atoms with E-state index in [0.29, 0.717) is 5.69 Å². The Balaban J connectivity index is 2.31. The van der Waals surface area contributed by atoms with Crippen LogP contribution in [-0.4, -0.2) is 25.0 Å². The molecule has 1 atom stereocenters. The normalized spacial score (nSPS) is 20.6. The minimum absolute atomic E-state index is 0.128. The number of benzene rings is 1. The Morgan fingerprint density at radius 2 is 1.88 bits per heavy atom. The Labute approximate surface area is 93.8 Å². The fourth-order valence-electron chi connectivity index (χ4n) is 1.75. The van der Waals surface area contributed by atoms with Gasteiger partial charge in [0.25, 0.3) is 5.91 Å². The summed E-state index contributed by atoms with van der Waals surface area (Å²) in [6.07, 6.45) is -0.503. The van der Waals surface area contributed by atoms with Gasteiger partial charge >= 0.3 is 0 Å². The first-order chi connectivity index (χ1) is 7.63. The maximum absolute atomic E-state index is 11.8. The SMILES string of the molecule is CO[C@@H]1CC(=O)N(c2ccc(C)cc2)C1=O. The summed E-state index contributed by atoms with van der Waals surface area (Å²) in [5, 5.41) is 0. The van der Waals surface area contributed by atoms with Gasteiger partial charge in [-0.2, -0.15) is 0 Å². The number of hydrogen-bond acceptors (Lipinski definition) is 3. The summed E-state index contributed by atoms with van der Waals surface area (Å²) in [6.45, 7) is 1.95. The van der Waals surface area contributed by atoms with Gasteiger partial charge in [-0.3, -0.25) is 9.59 Å². The first-order valence-electron chi connectivity index (χ1n) is 5.09. The molecule has 1 aliphatic heterocycles. The van der Waals surface area contributed by atoms with Crippen LogP contribution in [0.25, 0.3) is 0 Å². The highest BCUT2D eigenvalue weighted by Gasteiger charge is 2.39. The number of ether oxygens (including phenoxy) is 1. The summed E-state index contributed by atoms with van der Waals surface area (Å²) in [4.78, 5) is 24.7. The summed E-state index contributed by atoms with van der Waals surface area (Å²) >= 11 is 0. The van der Waals surface area contributed by atoms with Gasteiger partial charge < -0.3 is 4.74 Å². The number of rotatable bonds is 2. The van der Waals surface area contributed by atoms with Crippen molar-refractivity contribution in [1.29, 1.82) is 0 Å². The van der Waals surface area contributed by atoms with Crippen LogP contribution in [0.5, 0.6) is 0 Å². The first-order valence-corrected chi connectivity index (χ1v) is 5.09. The Kier molecular flexibility index (Phi) is 2.75. The largest absolute Gasteiger partial charge is 0.371 e. The predicted octanol–water partition coefficient (Wildman–Crippen LogP) is 1.27. The minimum atomic E-state index is -0.631. The smallest absolute Gasteiger partial charge is 0.263 e. The van der Waals surface area contributed by atoms with Crippen molar-refractivity contribution in [3.05, 3.63) is 29.8 Å². The van der Waals surface area contributed by atoms with E-state index in [2.05, 4.69) is 0 Å². The van der Waals surface area contributed by atoms with Crippen molar-refractivity contribution >= 4 is 17.5 Å². The molecule has 2 rings (SSSR count). The van der Waals surface area contributed by atoms with Gasteiger partial charge in [0.1, 0.15) is 6.10 Å². The summed E-state index contributed by atoms with van der Waals surface area (Å²) < 4.78 is 4.96. The second-order valence-corrected chi connectivity index (χ2v) is 3.83. The Bertz CT molecular complexity index is 424. The summed E-state index contributed by atoms with van der Waals surface area (Å²) in [6, 6.07) is 7.28. The number of carbonyl (C=O) groups is 2. The zero-order valence-electron chi connectivity index (χ0n) is 9.27. The molecule has 84 valence electrons. The molecule has 1 saturated heterocycles. The van der Waals surface area contributed by atoms with Crippen LogP contribution < -0.4 is 4.90 Å². The third kappa shape index (κ3) is 1.72. The average molecular weight is 219 g/mol. The van der Waals surface area contributed by atoms with E-state index in [1.807, 2.05) is 19.1 Å². The monoisotopic (exact) mass is 219 g/mol. The van der Waals surface area contributed by atoms with E-state index >= 15 is 0 Å². The molecule has 4 nitrogen and oxygen atoms in total. The van der Waals surface area contributed by atoms with Crippen LogP contribution in [0.4, 0.5) is 5.69 Å². The van der Waals surface area contributed by atoms with Crippen LogP contribution >= 0.6 is 0 Å². The number of amides is 2. The molecule has 0 unspecified atom stereocenters. The van der Waals surface area contributed by atoms with E-state index in [4.69, 9.17) is 4.74 Å². The molecule has 1 aromatic rings. The van der Waals surface area contributed by atoms with E-state index in [0.717, 1.165) is 5.56 Å². The standard InChI is InChI=1S/C12H13NO3/c1-8-3-5-9(6-4-8)13-11(14)7-10(16-2)12(13)15/h3-6,10H,7H2,1-2H3/t10-/m1/s1. The van der Waals surface area contributed by atoms with E-state index in [1.165, 1.54) is 12.0 Å². The molecule has 2 amide bonds. The van der Waals surface area contributed by atoms with Gasteiger partial charge in [-0.15, -0.1) is 0 Å².